The van der Waals surface area contributed by atoms with Crippen LogP contribution in [-0.2, 0) is 4.79 Å². The fourth-order valence-electron chi connectivity index (χ4n) is 2.79. The number of benzene rings is 2. The molecule has 0 spiro atoms. The molecule has 2 aromatic rings. The van der Waals surface area contributed by atoms with Crippen LogP contribution >= 0.6 is 0 Å². The fourth-order valence-corrected chi connectivity index (χ4v) is 2.79. The second-order valence-corrected chi connectivity index (χ2v) is 5.93. The molecule has 124 valence electrons. The summed E-state index contributed by atoms with van der Waals surface area (Å²) >= 11 is 0. The summed E-state index contributed by atoms with van der Waals surface area (Å²) in [5, 5.41) is 9.02. The van der Waals surface area contributed by atoms with Crippen molar-refractivity contribution in [2.45, 2.75) is 12.8 Å². The molecule has 0 bridgehead atoms. The second kappa shape index (κ2) is 7.75. The van der Waals surface area contributed by atoms with Gasteiger partial charge in [-0.3, -0.25) is 9.59 Å². The van der Waals surface area contributed by atoms with Crippen molar-refractivity contribution in [2.75, 3.05) is 23.7 Å². The molecule has 0 aromatic heterocycles. The van der Waals surface area contributed by atoms with E-state index in [2.05, 4.69) is 16.0 Å². The smallest absolute Gasteiger partial charge is 0.255 e. The lowest BCUT2D eigenvalue weighted by atomic mass is 9.99. The Morgan fingerprint density at radius 2 is 1.71 bits per heavy atom. The number of hydrogen-bond donors (Lipinski definition) is 3. The van der Waals surface area contributed by atoms with E-state index in [-0.39, 0.29) is 17.7 Å². The largest absolute Gasteiger partial charge is 0.326 e. The molecule has 0 aliphatic carbocycles. The van der Waals surface area contributed by atoms with Crippen molar-refractivity contribution in [1.82, 2.24) is 5.32 Å². The maximum absolute atomic E-state index is 12.3. The summed E-state index contributed by atoms with van der Waals surface area (Å²) in [4.78, 5) is 24.5. The minimum Gasteiger partial charge on any atom is -0.326 e. The highest BCUT2D eigenvalue weighted by atomic mass is 16.2. The molecule has 1 saturated heterocycles. The Kier molecular flexibility index (Phi) is 5.23. The third-order valence-electron chi connectivity index (χ3n) is 4.09. The predicted octanol–water partition coefficient (Wildman–Crippen LogP) is 2.88. The average molecular weight is 323 g/mol. The zero-order chi connectivity index (χ0) is 16.8. The number of nitrogens with one attached hydrogen (secondary N) is 3. The van der Waals surface area contributed by atoms with Gasteiger partial charge in [-0.2, -0.15) is 0 Å². The van der Waals surface area contributed by atoms with Crippen molar-refractivity contribution >= 4 is 23.2 Å². The molecule has 0 radical (unpaired) electrons. The van der Waals surface area contributed by atoms with Crippen molar-refractivity contribution in [2.24, 2.45) is 5.92 Å². The van der Waals surface area contributed by atoms with Crippen LogP contribution in [0.3, 0.4) is 0 Å². The molecule has 5 nitrogen and oxygen atoms in total. The maximum atomic E-state index is 12.3. The van der Waals surface area contributed by atoms with Gasteiger partial charge >= 0.3 is 0 Å². The number of carbonyl (C=O) groups is 2. The summed E-state index contributed by atoms with van der Waals surface area (Å²) < 4.78 is 0. The van der Waals surface area contributed by atoms with Crippen molar-refractivity contribution in [3.05, 3.63) is 60.2 Å². The summed E-state index contributed by atoms with van der Waals surface area (Å²) in [5.41, 5.74) is 1.94. The lowest BCUT2D eigenvalue weighted by molar-refractivity contribution is -0.120. The van der Waals surface area contributed by atoms with Crippen molar-refractivity contribution in [3.63, 3.8) is 0 Å². The summed E-state index contributed by atoms with van der Waals surface area (Å²) in [6.07, 6.45) is 1.93. The third-order valence-corrected chi connectivity index (χ3v) is 4.09. The zero-order valence-electron chi connectivity index (χ0n) is 13.4. The van der Waals surface area contributed by atoms with Crippen molar-refractivity contribution < 1.29 is 9.59 Å². The van der Waals surface area contributed by atoms with Gasteiger partial charge in [-0.05, 0) is 49.7 Å². The van der Waals surface area contributed by atoms with Gasteiger partial charge in [-0.1, -0.05) is 24.3 Å². The first-order chi connectivity index (χ1) is 11.7. The fraction of sp³-hybridized carbons (Fsp3) is 0.263. The predicted molar refractivity (Wildman–Crippen MR) is 95.1 cm³/mol. The van der Waals surface area contributed by atoms with Crippen molar-refractivity contribution in [1.29, 1.82) is 0 Å². The summed E-state index contributed by atoms with van der Waals surface area (Å²) in [6, 6.07) is 16.3. The minimum absolute atomic E-state index is 0.00122. The van der Waals surface area contributed by atoms with E-state index in [1.807, 2.05) is 30.3 Å². The van der Waals surface area contributed by atoms with Gasteiger partial charge in [0.15, 0.2) is 0 Å². The van der Waals surface area contributed by atoms with Gasteiger partial charge in [-0.25, -0.2) is 0 Å². The quantitative estimate of drug-likeness (QED) is 0.810. The molecule has 1 atom stereocenters. The van der Waals surface area contributed by atoms with Crippen LogP contribution < -0.4 is 16.0 Å². The van der Waals surface area contributed by atoms with Crippen LogP contribution in [-0.4, -0.2) is 24.9 Å². The standard InChI is InChI=1S/C19H21N3O2/c23-18(14-6-2-1-3-7-14)21-16-9-4-10-17(12-16)22-19(24)15-8-5-11-20-13-15/h1-4,6-7,9-10,12,15,20H,5,8,11,13H2,(H,21,23)(H,22,24). The number of carbonyl (C=O) groups excluding carboxylic acids is 2. The van der Waals surface area contributed by atoms with E-state index in [4.69, 9.17) is 0 Å². The van der Waals surface area contributed by atoms with Gasteiger partial charge in [-0.15, -0.1) is 0 Å². The molecular weight excluding hydrogens is 302 g/mol. The molecular formula is C19H21N3O2. The first kappa shape index (κ1) is 16.2. The van der Waals surface area contributed by atoms with Gasteiger partial charge < -0.3 is 16.0 Å². The van der Waals surface area contributed by atoms with E-state index >= 15 is 0 Å². The molecule has 1 fully saturated rings. The zero-order valence-corrected chi connectivity index (χ0v) is 13.4. The van der Waals surface area contributed by atoms with Crippen LogP contribution in [0, 0.1) is 5.92 Å². The molecule has 2 aromatic carbocycles. The topological polar surface area (TPSA) is 70.2 Å². The maximum Gasteiger partial charge on any atom is 0.255 e. The van der Waals surface area contributed by atoms with E-state index in [1.165, 1.54) is 0 Å². The van der Waals surface area contributed by atoms with E-state index < -0.39 is 0 Å². The molecule has 0 saturated carbocycles. The van der Waals surface area contributed by atoms with Crippen molar-refractivity contribution in [3.8, 4) is 0 Å². The van der Waals surface area contributed by atoms with Crippen LogP contribution in [0.1, 0.15) is 23.2 Å². The molecule has 5 heteroatoms. The molecule has 1 aliphatic rings. The number of hydrogen-bond acceptors (Lipinski definition) is 3. The highest BCUT2D eigenvalue weighted by Gasteiger charge is 2.20. The third kappa shape index (κ3) is 4.20. The number of rotatable bonds is 4. The van der Waals surface area contributed by atoms with Crippen LogP contribution in [0.5, 0.6) is 0 Å². The summed E-state index contributed by atoms with van der Waals surface area (Å²) in [7, 11) is 0. The molecule has 3 rings (SSSR count). The van der Waals surface area contributed by atoms with Gasteiger partial charge in [0.25, 0.3) is 5.91 Å². The van der Waals surface area contributed by atoms with Gasteiger partial charge in [0.05, 0.1) is 5.92 Å². The first-order valence-electron chi connectivity index (χ1n) is 8.20. The Hall–Kier alpha value is -2.66. The Balaban J connectivity index is 1.63. The summed E-state index contributed by atoms with van der Waals surface area (Å²) in [5.74, 6) is -0.148. The lowest BCUT2D eigenvalue weighted by Crippen LogP contribution is -2.37. The highest BCUT2D eigenvalue weighted by Crippen LogP contribution is 2.18. The van der Waals surface area contributed by atoms with E-state index in [0.29, 0.717) is 16.9 Å². The molecule has 1 unspecified atom stereocenters. The molecule has 3 N–H and O–H groups in total. The van der Waals surface area contributed by atoms with Crippen LogP contribution in [0.4, 0.5) is 11.4 Å². The molecule has 2 amide bonds. The SMILES string of the molecule is O=C(Nc1cccc(NC(=O)C2CCCNC2)c1)c1ccccc1. The number of amides is 2. The highest BCUT2D eigenvalue weighted by molar-refractivity contribution is 6.04. The Morgan fingerprint density at radius 1 is 0.958 bits per heavy atom. The van der Waals surface area contributed by atoms with E-state index in [1.54, 1.807) is 24.3 Å². The number of piperidine rings is 1. The van der Waals surface area contributed by atoms with Crippen LogP contribution in [0.2, 0.25) is 0 Å². The Morgan fingerprint density at radius 3 is 2.42 bits per heavy atom. The molecule has 24 heavy (non-hydrogen) atoms. The van der Waals surface area contributed by atoms with Gasteiger partial charge in [0.2, 0.25) is 5.91 Å². The first-order valence-corrected chi connectivity index (χ1v) is 8.20. The Bertz CT molecular complexity index is 710. The monoisotopic (exact) mass is 323 g/mol. The van der Waals surface area contributed by atoms with Crippen LogP contribution in [0.15, 0.2) is 54.6 Å². The van der Waals surface area contributed by atoms with Crippen LogP contribution in [0.25, 0.3) is 0 Å². The summed E-state index contributed by atoms with van der Waals surface area (Å²) in [6.45, 7) is 1.70. The number of anilines is 2. The van der Waals surface area contributed by atoms with E-state index in [0.717, 1.165) is 25.9 Å². The van der Waals surface area contributed by atoms with Gasteiger partial charge in [0.1, 0.15) is 0 Å². The average Bonchev–Trinajstić information content (AvgIpc) is 2.63. The second-order valence-electron chi connectivity index (χ2n) is 5.93. The molecule has 1 aliphatic heterocycles. The molecule has 1 heterocycles. The Labute approximate surface area is 141 Å². The normalized spacial score (nSPS) is 17.1. The lowest BCUT2D eigenvalue weighted by Gasteiger charge is -2.22. The van der Waals surface area contributed by atoms with Gasteiger partial charge in [0, 0.05) is 23.5 Å². The minimum atomic E-state index is -0.171. The van der Waals surface area contributed by atoms with E-state index in [9.17, 15) is 9.59 Å².